The zero-order valence-electron chi connectivity index (χ0n) is 10.3. The summed E-state index contributed by atoms with van der Waals surface area (Å²) >= 11 is 3.45. The van der Waals surface area contributed by atoms with Crippen LogP contribution in [0, 0.1) is 12.8 Å². The summed E-state index contributed by atoms with van der Waals surface area (Å²) < 4.78 is 1.07. The predicted octanol–water partition coefficient (Wildman–Crippen LogP) is 3.12. The van der Waals surface area contributed by atoms with Crippen molar-refractivity contribution in [2.75, 3.05) is 18.4 Å². The molecule has 1 aromatic carbocycles. The first-order valence-corrected chi connectivity index (χ1v) is 6.71. The summed E-state index contributed by atoms with van der Waals surface area (Å²) in [6.07, 6.45) is 1.72. The van der Waals surface area contributed by atoms with E-state index in [1.807, 2.05) is 25.1 Å². The molecule has 0 spiro atoms. The average molecular weight is 334 g/mol. The van der Waals surface area contributed by atoms with Gasteiger partial charge in [0.05, 0.1) is 0 Å². The Morgan fingerprint density at radius 3 is 2.94 bits per heavy atom. The minimum Gasteiger partial charge on any atom is -0.326 e. The number of amides is 1. The van der Waals surface area contributed by atoms with Crippen LogP contribution < -0.4 is 10.6 Å². The Balaban J connectivity index is 0.00000162. The summed E-state index contributed by atoms with van der Waals surface area (Å²) in [7, 11) is 0. The number of hydrogen-bond donors (Lipinski definition) is 2. The fourth-order valence-corrected chi connectivity index (χ4v) is 2.33. The van der Waals surface area contributed by atoms with E-state index >= 15 is 0 Å². The number of carbonyl (C=O) groups is 1. The van der Waals surface area contributed by atoms with Gasteiger partial charge < -0.3 is 10.6 Å². The van der Waals surface area contributed by atoms with Crippen molar-refractivity contribution in [1.82, 2.24) is 5.32 Å². The Hall–Kier alpha value is -0.580. The summed E-state index contributed by atoms with van der Waals surface area (Å²) in [5.41, 5.74) is 2.01. The number of halogens is 2. The fourth-order valence-electron chi connectivity index (χ4n) is 2.09. The smallest absolute Gasteiger partial charge is 0.224 e. The second-order valence-electron chi connectivity index (χ2n) is 4.58. The van der Waals surface area contributed by atoms with E-state index in [1.165, 1.54) is 0 Å². The van der Waals surface area contributed by atoms with Crippen molar-refractivity contribution >= 4 is 39.9 Å². The van der Waals surface area contributed by atoms with E-state index in [0.717, 1.165) is 35.2 Å². The maximum atomic E-state index is 11.8. The van der Waals surface area contributed by atoms with Crippen LogP contribution in [0.1, 0.15) is 18.4 Å². The first-order chi connectivity index (χ1) is 8.15. The fraction of sp³-hybridized carbons (Fsp3) is 0.462. The maximum absolute atomic E-state index is 11.8. The molecule has 1 atom stereocenters. The van der Waals surface area contributed by atoms with E-state index in [9.17, 15) is 4.79 Å². The molecule has 0 saturated carbocycles. The van der Waals surface area contributed by atoms with Crippen molar-refractivity contribution in [2.45, 2.75) is 19.8 Å². The summed E-state index contributed by atoms with van der Waals surface area (Å²) in [5, 5.41) is 6.22. The lowest BCUT2D eigenvalue weighted by atomic mass is 10.0. The van der Waals surface area contributed by atoms with Crippen molar-refractivity contribution in [1.29, 1.82) is 0 Å². The molecular weight excluding hydrogens is 316 g/mol. The van der Waals surface area contributed by atoms with E-state index in [1.54, 1.807) is 0 Å². The van der Waals surface area contributed by atoms with Gasteiger partial charge in [0.15, 0.2) is 0 Å². The zero-order chi connectivity index (χ0) is 12.3. The van der Waals surface area contributed by atoms with Gasteiger partial charge >= 0.3 is 0 Å². The molecular formula is C13H18BrClN2O. The molecule has 1 amide bonds. The highest BCUT2D eigenvalue weighted by Gasteiger charge is 2.17. The lowest BCUT2D eigenvalue weighted by Crippen LogP contribution is -2.18. The van der Waals surface area contributed by atoms with Crippen molar-refractivity contribution in [3.8, 4) is 0 Å². The number of carbonyl (C=O) groups excluding carboxylic acids is 1. The summed E-state index contributed by atoms with van der Waals surface area (Å²) in [5.74, 6) is 0.604. The van der Waals surface area contributed by atoms with Gasteiger partial charge in [-0.1, -0.05) is 15.9 Å². The first-order valence-electron chi connectivity index (χ1n) is 5.92. The van der Waals surface area contributed by atoms with E-state index in [2.05, 4.69) is 26.6 Å². The summed E-state index contributed by atoms with van der Waals surface area (Å²) in [6, 6.07) is 5.86. The number of rotatable bonds is 3. The molecule has 1 saturated heterocycles. The molecule has 1 fully saturated rings. The topological polar surface area (TPSA) is 41.1 Å². The average Bonchev–Trinajstić information content (AvgIpc) is 2.76. The molecule has 0 bridgehead atoms. The molecule has 3 nitrogen and oxygen atoms in total. The SMILES string of the molecule is Cc1cc(NC(=O)CC2CCNC2)ccc1Br.Cl. The van der Waals surface area contributed by atoms with Gasteiger partial charge in [0.1, 0.15) is 0 Å². The Bertz CT molecular complexity index is 419. The molecule has 1 aliphatic rings. The van der Waals surface area contributed by atoms with E-state index < -0.39 is 0 Å². The van der Waals surface area contributed by atoms with Crippen LogP contribution in [0.2, 0.25) is 0 Å². The van der Waals surface area contributed by atoms with E-state index in [-0.39, 0.29) is 18.3 Å². The van der Waals surface area contributed by atoms with Crippen molar-refractivity contribution in [2.24, 2.45) is 5.92 Å². The Morgan fingerprint density at radius 1 is 1.56 bits per heavy atom. The van der Waals surface area contributed by atoms with Crippen LogP contribution in [-0.4, -0.2) is 19.0 Å². The monoisotopic (exact) mass is 332 g/mol. The highest BCUT2D eigenvalue weighted by atomic mass is 79.9. The van der Waals surface area contributed by atoms with Gasteiger partial charge in [0.2, 0.25) is 5.91 Å². The van der Waals surface area contributed by atoms with Crippen LogP contribution in [0.25, 0.3) is 0 Å². The molecule has 5 heteroatoms. The second kappa shape index (κ2) is 7.12. The minimum atomic E-state index is 0. The van der Waals surface area contributed by atoms with Crippen molar-refractivity contribution < 1.29 is 4.79 Å². The normalized spacial score (nSPS) is 18.2. The maximum Gasteiger partial charge on any atom is 0.224 e. The number of benzene rings is 1. The van der Waals surface area contributed by atoms with Crippen molar-refractivity contribution in [3.05, 3.63) is 28.2 Å². The predicted molar refractivity (Wildman–Crippen MR) is 80.4 cm³/mol. The van der Waals surface area contributed by atoms with E-state index in [4.69, 9.17) is 0 Å². The van der Waals surface area contributed by atoms with Gasteiger partial charge in [-0.2, -0.15) is 0 Å². The van der Waals surface area contributed by atoms with Gasteiger partial charge in [0, 0.05) is 16.6 Å². The molecule has 2 N–H and O–H groups in total. The van der Waals surface area contributed by atoms with Gasteiger partial charge in [-0.05, 0) is 56.1 Å². The Morgan fingerprint density at radius 2 is 2.33 bits per heavy atom. The third-order valence-corrected chi connectivity index (χ3v) is 3.97. The van der Waals surface area contributed by atoms with Crippen LogP contribution >= 0.6 is 28.3 Å². The molecule has 1 aromatic rings. The quantitative estimate of drug-likeness (QED) is 0.892. The molecule has 1 aliphatic heterocycles. The number of hydrogen-bond acceptors (Lipinski definition) is 2. The largest absolute Gasteiger partial charge is 0.326 e. The molecule has 0 radical (unpaired) electrons. The lowest BCUT2D eigenvalue weighted by molar-refractivity contribution is -0.116. The Labute approximate surface area is 122 Å². The van der Waals surface area contributed by atoms with Gasteiger partial charge in [-0.25, -0.2) is 0 Å². The van der Waals surface area contributed by atoms with Crippen LogP contribution in [0.5, 0.6) is 0 Å². The minimum absolute atomic E-state index is 0. The number of aryl methyl sites for hydroxylation is 1. The lowest BCUT2D eigenvalue weighted by Gasteiger charge is -2.10. The van der Waals surface area contributed by atoms with E-state index in [0.29, 0.717) is 12.3 Å². The third-order valence-electron chi connectivity index (χ3n) is 3.08. The molecule has 0 aromatic heterocycles. The summed E-state index contributed by atoms with van der Waals surface area (Å²) in [4.78, 5) is 11.8. The highest BCUT2D eigenvalue weighted by Crippen LogP contribution is 2.20. The first kappa shape index (κ1) is 15.5. The second-order valence-corrected chi connectivity index (χ2v) is 5.43. The standard InChI is InChI=1S/C13H17BrN2O.ClH/c1-9-6-11(2-3-12(9)14)16-13(17)7-10-4-5-15-8-10;/h2-3,6,10,15H,4-5,7-8H2,1H3,(H,16,17);1H. The van der Waals surface area contributed by atoms with Gasteiger partial charge in [-0.15, -0.1) is 12.4 Å². The third kappa shape index (κ3) is 4.26. The molecule has 1 heterocycles. The molecule has 2 rings (SSSR count). The highest BCUT2D eigenvalue weighted by molar-refractivity contribution is 9.10. The van der Waals surface area contributed by atoms with Crippen LogP contribution in [0.3, 0.4) is 0 Å². The molecule has 1 unspecified atom stereocenters. The zero-order valence-corrected chi connectivity index (χ0v) is 12.7. The number of nitrogens with one attached hydrogen (secondary N) is 2. The number of anilines is 1. The van der Waals surface area contributed by atoms with Gasteiger partial charge in [0.25, 0.3) is 0 Å². The summed E-state index contributed by atoms with van der Waals surface area (Å²) in [6.45, 7) is 4.02. The van der Waals surface area contributed by atoms with Crippen molar-refractivity contribution in [3.63, 3.8) is 0 Å². The Kier molecular flexibility index (Phi) is 6.12. The van der Waals surface area contributed by atoms with Gasteiger partial charge in [-0.3, -0.25) is 4.79 Å². The molecule has 18 heavy (non-hydrogen) atoms. The van der Waals surface area contributed by atoms with Crippen LogP contribution in [-0.2, 0) is 4.79 Å². The van der Waals surface area contributed by atoms with Crippen LogP contribution in [0.15, 0.2) is 22.7 Å². The van der Waals surface area contributed by atoms with Crippen LogP contribution in [0.4, 0.5) is 5.69 Å². The molecule has 100 valence electrons. The molecule has 0 aliphatic carbocycles.